The van der Waals surface area contributed by atoms with Crippen LogP contribution in [0.3, 0.4) is 0 Å². The normalized spacial score (nSPS) is 12.0. The Morgan fingerprint density at radius 2 is 1.59 bits per heavy atom. The lowest BCUT2D eigenvalue weighted by molar-refractivity contribution is -0.140. The van der Waals surface area contributed by atoms with Crippen LogP contribution in [0.2, 0.25) is 0 Å². The van der Waals surface area contributed by atoms with E-state index in [-0.39, 0.29) is 11.8 Å². The van der Waals surface area contributed by atoms with E-state index in [0.29, 0.717) is 25.4 Å². The molecule has 4 heteroatoms. The number of nitrogens with one attached hydrogen (secondary N) is 1. The first kappa shape index (κ1) is 22.7. The Kier molecular flexibility index (Phi) is 8.00. The number of benzene rings is 2. The van der Waals surface area contributed by atoms with Crippen LogP contribution in [0.1, 0.15) is 48.6 Å². The van der Waals surface area contributed by atoms with E-state index < -0.39 is 6.04 Å². The minimum Gasteiger partial charge on any atom is -0.354 e. The molecule has 0 aliphatic rings. The molecule has 1 atom stereocenters. The summed E-state index contributed by atoms with van der Waals surface area (Å²) in [5.74, 6) is 0.220. The fourth-order valence-corrected chi connectivity index (χ4v) is 3.26. The average molecular weight is 395 g/mol. The molecule has 0 radical (unpaired) electrons. The lowest BCUT2D eigenvalue weighted by atomic mass is 10.0. The molecule has 0 aromatic heterocycles. The summed E-state index contributed by atoms with van der Waals surface area (Å²) >= 11 is 0. The second-order valence-electron chi connectivity index (χ2n) is 8.37. The highest BCUT2D eigenvalue weighted by Gasteiger charge is 2.26. The van der Waals surface area contributed by atoms with Crippen molar-refractivity contribution < 1.29 is 9.59 Å². The zero-order valence-corrected chi connectivity index (χ0v) is 18.6. The summed E-state index contributed by atoms with van der Waals surface area (Å²) in [4.78, 5) is 27.8. The van der Waals surface area contributed by atoms with Crippen LogP contribution in [0.4, 0.5) is 0 Å². The topological polar surface area (TPSA) is 49.4 Å². The van der Waals surface area contributed by atoms with Crippen molar-refractivity contribution in [2.75, 3.05) is 6.54 Å². The quantitative estimate of drug-likeness (QED) is 0.724. The van der Waals surface area contributed by atoms with Gasteiger partial charge in [0.1, 0.15) is 6.04 Å². The molecule has 156 valence electrons. The molecule has 0 saturated heterocycles. The van der Waals surface area contributed by atoms with Gasteiger partial charge in [-0.05, 0) is 55.9 Å². The third-order valence-corrected chi connectivity index (χ3v) is 5.30. The number of carbonyl (C=O) groups is 2. The van der Waals surface area contributed by atoms with Gasteiger partial charge in [0.2, 0.25) is 11.8 Å². The average Bonchev–Trinajstić information content (AvgIpc) is 2.67. The van der Waals surface area contributed by atoms with Crippen molar-refractivity contribution in [1.29, 1.82) is 0 Å². The van der Waals surface area contributed by atoms with Crippen LogP contribution in [0.5, 0.6) is 0 Å². The maximum atomic E-state index is 13.3. The molecule has 2 amide bonds. The zero-order chi connectivity index (χ0) is 21.6. The minimum absolute atomic E-state index is 0.0332. The number of rotatable bonds is 8. The van der Waals surface area contributed by atoms with Crippen molar-refractivity contribution in [2.45, 2.75) is 60.5 Å². The molecule has 29 heavy (non-hydrogen) atoms. The van der Waals surface area contributed by atoms with Crippen molar-refractivity contribution in [3.05, 3.63) is 70.3 Å². The standard InChI is InChI=1S/C25H34N2O2/c1-17(2)15-26-25(29)21(6)27(16-22-10-8-7-9-19(22)4)24(28)14-23-13-18(3)11-12-20(23)5/h7-13,17,21H,14-16H2,1-6H3,(H,26,29)/t21-/m0/s1. The van der Waals surface area contributed by atoms with Gasteiger partial charge in [-0.25, -0.2) is 0 Å². The first-order valence-electron chi connectivity index (χ1n) is 10.4. The summed E-state index contributed by atoms with van der Waals surface area (Å²) in [5.41, 5.74) is 5.42. The number of aryl methyl sites for hydroxylation is 3. The predicted octanol–water partition coefficient (Wildman–Crippen LogP) is 4.34. The predicted molar refractivity (Wildman–Crippen MR) is 119 cm³/mol. The molecule has 0 aliphatic carbocycles. The Morgan fingerprint density at radius 1 is 0.931 bits per heavy atom. The maximum absolute atomic E-state index is 13.3. The van der Waals surface area contributed by atoms with Crippen LogP contribution < -0.4 is 5.32 Å². The molecule has 0 heterocycles. The lowest BCUT2D eigenvalue weighted by Crippen LogP contribution is -2.48. The van der Waals surface area contributed by atoms with Gasteiger partial charge in [-0.15, -0.1) is 0 Å². The summed E-state index contributed by atoms with van der Waals surface area (Å²) in [6, 6.07) is 13.6. The number of hydrogen-bond acceptors (Lipinski definition) is 2. The van der Waals surface area contributed by atoms with E-state index in [4.69, 9.17) is 0 Å². The second kappa shape index (κ2) is 10.2. The molecule has 0 saturated carbocycles. The lowest BCUT2D eigenvalue weighted by Gasteiger charge is -2.30. The molecule has 2 aromatic rings. The zero-order valence-electron chi connectivity index (χ0n) is 18.6. The summed E-state index contributed by atoms with van der Waals surface area (Å²) in [6.45, 7) is 13.0. The Balaban J connectivity index is 2.27. The Morgan fingerprint density at radius 3 is 2.24 bits per heavy atom. The molecule has 0 unspecified atom stereocenters. The van der Waals surface area contributed by atoms with Gasteiger partial charge in [-0.2, -0.15) is 0 Å². The van der Waals surface area contributed by atoms with Crippen LogP contribution in [0.15, 0.2) is 42.5 Å². The van der Waals surface area contributed by atoms with Crippen molar-refractivity contribution in [1.82, 2.24) is 10.2 Å². The second-order valence-corrected chi connectivity index (χ2v) is 8.37. The maximum Gasteiger partial charge on any atom is 0.242 e. The van der Waals surface area contributed by atoms with Gasteiger partial charge >= 0.3 is 0 Å². The molecule has 0 aliphatic heterocycles. The van der Waals surface area contributed by atoms with Crippen molar-refractivity contribution >= 4 is 11.8 Å². The van der Waals surface area contributed by atoms with Crippen LogP contribution in [0, 0.1) is 26.7 Å². The smallest absolute Gasteiger partial charge is 0.242 e. The van der Waals surface area contributed by atoms with Crippen molar-refractivity contribution in [3.63, 3.8) is 0 Å². The summed E-state index contributed by atoms with van der Waals surface area (Å²) < 4.78 is 0. The molecular weight excluding hydrogens is 360 g/mol. The fraction of sp³-hybridized carbons (Fsp3) is 0.440. The van der Waals surface area contributed by atoms with E-state index in [9.17, 15) is 9.59 Å². The number of nitrogens with zero attached hydrogens (tertiary/aromatic N) is 1. The highest BCUT2D eigenvalue weighted by Crippen LogP contribution is 2.17. The third-order valence-electron chi connectivity index (χ3n) is 5.30. The minimum atomic E-state index is -0.536. The van der Waals surface area contributed by atoms with Gasteiger partial charge in [0, 0.05) is 13.1 Å². The SMILES string of the molecule is Cc1ccc(C)c(CC(=O)N(Cc2ccccc2C)[C@@H](C)C(=O)NCC(C)C)c1. The first-order chi connectivity index (χ1) is 13.7. The van der Waals surface area contributed by atoms with Gasteiger partial charge in [-0.3, -0.25) is 9.59 Å². The van der Waals surface area contributed by atoms with Gasteiger partial charge < -0.3 is 10.2 Å². The third kappa shape index (κ3) is 6.45. The van der Waals surface area contributed by atoms with Crippen molar-refractivity contribution in [3.8, 4) is 0 Å². The monoisotopic (exact) mass is 394 g/mol. The van der Waals surface area contributed by atoms with Crippen LogP contribution >= 0.6 is 0 Å². The van der Waals surface area contributed by atoms with Gasteiger partial charge in [-0.1, -0.05) is 61.9 Å². The van der Waals surface area contributed by atoms with Crippen LogP contribution in [0.25, 0.3) is 0 Å². The molecule has 0 bridgehead atoms. The largest absolute Gasteiger partial charge is 0.354 e. The Labute approximate surface area is 175 Å². The van der Waals surface area contributed by atoms with E-state index in [1.807, 2.05) is 58.0 Å². The molecule has 0 fully saturated rings. The molecule has 1 N–H and O–H groups in total. The molecular formula is C25H34N2O2. The summed E-state index contributed by atoms with van der Waals surface area (Å²) in [5, 5.41) is 2.97. The van der Waals surface area contributed by atoms with E-state index >= 15 is 0 Å². The fourth-order valence-electron chi connectivity index (χ4n) is 3.26. The van der Waals surface area contributed by atoms with Crippen LogP contribution in [-0.2, 0) is 22.6 Å². The highest BCUT2D eigenvalue weighted by molar-refractivity contribution is 5.88. The van der Waals surface area contributed by atoms with Gasteiger partial charge in [0.05, 0.1) is 6.42 Å². The number of hydrogen-bond donors (Lipinski definition) is 1. The van der Waals surface area contributed by atoms with Crippen LogP contribution in [-0.4, -0.2) is 29.3 Å². The molecule has 2 rings (SSSR count). The number of carbonyl (C=O) groups excluding carboxylic acids is 2. The molecule has 0 spiro atoms. The first-order valence-corrected chi connectivity index (χ1v) is 10.4. The van der Waals surface area contributed by atoms with E-state index in [1.165, 1.54) is 0 Å². The highest BCUT2D eigenvalue weighted by atomic mass is 16.2. The van der Waals surface area contributed by atoms with Crippen molar-refractivity contribution in [2.24, 2.45) is 5.92 Å². The Bertz CT molecular complexity index is 858. The van der Waals surface area contributed by atoms with Gasteiger partial charge in [0.25, 0.3) is 0 Å². The summed E-state index contributed by atoms with van der Waals surface area (Å²) in [7, 11) is 0. The Hall–Kier alpha value is -2.62. The summed E-state index contributed by atoms with van der Waals surface area (Å²) in [6.07, 6.45) is 0.293. The number of amides is 2. The van der Waals surface area contributed by atoms with E-state index in [1.54, 1.807) is 4.90 Å². The molecule has 4 nitrogen and oxygen atoms in total. The van der Waals surface area contributed by atoms with E-state index in [2.05, 4.69) is 31.3 Å². The van der Waals surface area contributed by atoms with E-state index in [0.717, 1.165) is 27.8 Å². The molecule has 2 aromatic carbocycles. The van der Waals surface area contributed by atoms with Gasteiger partial charge in [0.15, 0.2) is 0 Å².